The molecule has 6 heteroatoms. The lowest BCUT2D eigenvalue weighted by atomic mass is 9.83. The molecular formula is C16H24N2O3S. The summed E-state index contributed by atoms with van der Waals surface area (Å²) in [4.78, 5) is 16.2. The van der Waals surface area contributed by atoms with Gasteiger partial charge < -0.3 is 9.80 Å². The molecular weight excluding hydrogens is 300 g/mol. The Hall–Kier alpha value is -1.56. The van der Waals surface area contributed by atoms with Gasteiger partial charge in [-0.05, 0) is 37.0 Å². The number of carbonyl (C=O) groups excluding carboxylic acids is 1. The van der Waals surface area contributed by atoms with E-state index in [2.05, 4.69) is 0 Å². The number of amides is 1. The number of rotatable bonds is 5. The fourth-order valence-electron chi connectivity index (χ4n) is 2.87. The van der Waals surface area contributed by atoms with Gasteiger partial charge in [-0.15, -0.1) is 0 Å². The molecule has 2 rings (SSSR count). The highest BCUT2D eigenvalue weighted by Gasteiger charge is 2.53. The molecule has 0 saturated heterocycles. The standard InChI is InChI=1S/C16H24N2O3S/c1-17(2)14-8-5-7-13(11-14)12-18(3)15(19)16(9-6-10-16)22(4,20)21/h5,7-8,11H,6,9-10,12H2,1-4H3. The van der Waals surface area contributed by atoms with Crippen LogP contribution in [0.3, 0.4) is 0 Å². The van der Waals surface area contributed by atoms with E-state index >= 15 is 0 Å². The average molecular weight is 324 g/mol. The monoisotopic (exact) mass is 324 g/mol. The van der Waals surface area contributed by atoms with E-state index in [1.165, 1.54) is 11.2 Å². The van der Waals surface area contributed by atoms with Crippen molar-refractivity contribution in [3.05, 3.63) is 29.8 Å². The summed E-state index contributed by atoms with van der Waals surface area (Å²) in [6, 6.07) is 7.90. The summed E-state index contributed by atoms with van der Waals surface area (Å²) in [5, 5.41) is 0. The van der Waals surface area contributed by atoms with Gasteiger partial charge in [-0.3, -0.25) is 4.79 Å². The van der Waals surface area contributed by atoms with Gasteiger partial charge in [0.2, 0.25) is 5.91 Å². The molecule has 5 nitrogen and oxygen atoms in total. The van der Waals surface area contributed by atoms with Crippen LogP contribution in [0.25, 0.3) is 0 Å². The summed E-state index contributed by atoms with van der Waals surface area (Å²) in [5.41, 5.74) is 2.05. The van der Waals surface area contributed by atoms with Gasteiger partial charge in [-0.1, -0.05) is 12.1 Å². The number of hydrogen-bond acceptors (Lipinski definition) is 4. The molecule has 1 aliphatic carbocycles. The second kappa shape index (κ2) is 5.91. The highest BCUT2D eigenvalue weighted by atomic mass is 32.2. The van der Waals surface area contributed by atoms with Crippen LogP contribution in [-0.4, -0.2) is 51.4 Å². The Bertz CT molecular complexity index is 664. The van der Waals surface area contributed by atoms with Crippen molar-refractivity contribution in [2.75, 3.05) is 32.3 Å². The van der Waals surface area contributed by atoms with E-state index in [9.17, 15) is 13.2 Å². The third-order valence-corrected chi connectivity index (χ3v) is 6.46. The lowest BCUT2D eigenvalue weighted by Gasteiger charge is -2.40. The third kappa shape index (κ3) is 2.97. The van der Waals surface area contributed by atoms with Crippen molar-refractivity contribution in [2.24, 2.45) is 0 Å². The largest absolute Gasteiger partial charge is 0.378 e. The average Bonchev–Trinajstić information content (AvgIpc) is 2.35. The van der Waals surface area contributed by atoms with E-state index < -0.39 is 14.6 Å². The Balaban J connectivity index is 2.17. The molecule has 22 heavy (non-hydrogen) atoms. The molecule has 122 valence electrons. The van der Waals surface area contributed by atoms with Crippen LogP contribution in [0, 0.1) is 0 Å². The summed E-state index contributed by atoms with van der Waals surface area (Å²) in [6.45, 7) is 0.414. The molecule has 1 aromatic carbocycles. The number of hydrogen-bond donors (Lipinski definition) is 0. The van der Waals surface area contributed by atoms with Crippen molar-refractivity contribution >= 4 is 21.4 Å². The Morgan fingerprint density at radius 3 is 2.32 bits per heavy atom. The van der Waals surface area contributed by atoms with E-state index in [1.54, 1.807) is 7.05 Å². The minimum absolute atomic E-state index is 0.281. The molecule has 0 N–H and O–H groups in total. The highest BCUT2D eigenvalue weighted by Crippen LogP contribution is 2.40. The number of benzene rings is 1. The summed E-state index contributed by atoms with van der Waals surface area (Å²) in [5.74, 6) is -0.281. The molecule has 0 unspecified atom stereocenters. The van der Waals surface area contributed by atoms with Crippen LogP contribution in [0.2, 0.25) is 0 Å². The molecule has 0 aromatic heterocycles. The Morgan fingerprint density at radius 2 is 1.86 bits per heavy atom. The fourth-order valence-corrected chi connectivity index (χ4v) is 4.37. The lowest BCUT2D eigenvalue weighted by molar-refractivity contribution is -0.135. The molecule has 1 fully saturated rings. The first-order chi connectivity index (χ1) is 10.2. The number of nitrogens with zero attached hydrogens (tertiary/aromatic N) is 2. The summed E-state index contributed by atoms with van der Waals surface area (Å²) in [6.07, 6.45) is 2.84. The molecule has 1 amide bonds. The van der Waals surface area contributed by atoms with Gasteiger partial charge >= 0.3 is 0 Å². The van der Waals surface area contributed by atoms with Crippen LogP contribution in [0.4, 0.5) is 5.69 Å². The molecule has 0 aliphatic heterocycles. The van der Waals surface area contributed by atoms with Crippen molar-refractivity contribution in [1.29, 1.82) is 0 Å². The summed E-state index contributed by atoms with van der Waals surface area (Å²) in [7, 11) is 2.21. The van der Waals surface area contributed by atoms with Gasteiger partial charge in [0.05, 0.1) is 0 Å². The van der Waals surface area contributed by atoms with E-state index in [-0.39, 0.29) is 5.91 Å². The van der Waals surface area contributed by atoms with Crippen LogP contribution in [-0.2, 0) is 21.2 Å². The SMILES string of the molecule is CN(Cc1cccc(N(C)C)c1)C(=O)C1(S(C)(=O)=O)CCC1. The van der Waals surface area contributed by atoms with Gasteiger partial charge in [-0.25, -0.2) is 8.42 Å². The first-order valence-corrected chi connectivity index (χ1v) is 9.28. The quantitative estimate of drug-likeness (QED) is 0.827. The van der Waals surface area contributed by atoms with Gasteiger partial charge in [0, 0.05) is 39.6 Å². The Kier molecular flexibility index (Phi) is 4.52. The fraction of sp³-hybridized carbons (Fsp3) is 0.562. The molecule has 1 aromatic rings. The normalized spacial score (nSPS) is 16.7. The Labute approximate surface area is 132 Å². The van der Waals surface area contributed by atoms with E-state index in [1.807, 2.05) is 43.3 Å². The van der Waals surface area contributed by atoms with Gasteiger partial charge in [0.25, 0.3) is 0 Å². The molecule has 0 radical (unpaired) electrons. The zero-order valence-electron chi connectivity index (χ0n) is 13.7. The maximum Gasteiger partial charge on any atom is 0.244 e. The number of sulfone groups is 1. The summed E-state index contributed by atoms with van der Waals surface area (Å²) >= 11 is 0. The van der Waals surface area contributed by atoms with E-state index in [0.29, 0.717) is 19.4 Å². The first kappa shape index (κ1) is 16.8. The topological polar surface area (TPSA) is 57.7 Å². The van der Waals surface area contributed by atoms with Crippen LogP contribution >= 0.6 is 0 Å². The summed E-state index contributed by atoms with van der Waals surface area (Å²) < 4.78 is 22.9. The van der Waals surface area contributed by atoms with Crippen LogP contribution in [0.15, 0.2) is 24.3 Å². The number of carbonyl (C=O) groups is 1. The maximum atomic E-state index is 12.7. The van der Waals surface area contributed by atoms with E-state index in [4.69, 9.17) is 0 Å². The van der Waals surface area contributed by atoms with Crippen molar-refractivity contribution in [2.45, 2.75) is 30.6 Å². The maximum absolute atomic E-state index is 12.7. The van der Waals surface area contributed by atoms with Crippen molar-refractivity contribution in [1.82, 2.24) is 4.90 Å². The van der Waals surface area contributed by atoms with Crippen molar-refractivity contribution in [3.8, 4) is 0 Å². The molecule has 0 atom stereocenters. The van der Waals surface area contributed by atoms with E-state index in [0.717, 1.165) is 17.7 Å². The molecule has 1 saturated carbocycles. The minimum atomic E-state index is -3.39. The molecule has 0 bridgehead atoms. The zero-order valence-corrected chi connectivity index (χ0v) is 14.5. The predicted molar refractivity (Wildman–Crippen MR) is 88.7 cm³/mol. The van der Waals surface area contributed by atoms with Crippen molar-refractivity contribution < 1.29 is 13.2 Å². The molecule has 1 aliphatic rings. The van der Waals surface area contributed by atoms with Crippen LogP contribution in [0.1, 0.15) is 24.8 Å². The predicted octanol–water partition coefficient (Wildman–Crippen LogP) is 1.68. The smallest absolute Gasteiger partial charge is 0.244 e. The second-order valence-electron chi connectivity index (χ2n) is 6.35. The molecule has 0 spiro atoms. The second-order valence-corrected chi connectivity index (χ2v) is 8.67. The highest BCUT2D eigenvalue weighted by molar-refractivity contribution is 7.93. The van der Waals surface area contributed by atoms with Gasteiger partial charge in [0.1, 0.15) is 0 Å². The lowest BCUT2D eigenvalue weighted by Crippen LogP contribution is -2.56. The van der Waals surface area contributed by atoms with Gasteiger partial charge in [-0.2, -0.15) is 0 Å². The van der Waals surface area contributed by atoms with Crippen LogP contribution in [0.5, 0.6) is 0 Å². The van der Waals surface area contributed by atoms with Gasteiger partial charge in [0.15, 0.2) is 14.6 Å². The zero-order chi connectivity index (χ0) is 16.5. The Morgan fingerprint density at radius 1 is 1.23 bits per heavy atom. The minimum Gasteiger partial charge on any atom is -0.378 e. The first-order valence-electron chi connectivity index (χ1n) is 7.39. The van der Waals surface area contributed by atoms with Crippen LogP contribution < -0.4 is 4.90 Å². The molecule has 0 heterocycles. The van der Waals surface area contributed by atoms with Crippen molar-refractivity contribution in [3.63, 3.8) is 0 Å². The number of anilines is 1. The third-order valence-electron chi connectivity index (χ3n) is 4.45.